The van der Waals surface area contributed by atoms with Crippen molar-refractivity contribution in [3.8, 4) is 11.5 Å². The third kappa shape index (κ3) is 5.92. The Hall–Kier alpha value is -3.79. The van der Waals surface area contributed by atoms with Crippen molar-refractivity contribution in [3.05, 3.63) is 59.5 Å². The number of aryl methyl sites for hydroxylation is 1. The summed E-state index contributed by atoms with van der Waals surface area (Å²) in [7, 11) is -0.856. The van der Waals surface area contributed by atoms with Crippen LogP contribution in [0.3, 0.4) is 0 Å². The molecular weight excluding hydrogens is 446 g/mol. The van der Waals surface area contributed by atoms with Crippen LogP contribution < -0.4 is 19.5 Å². The van der Waals surface area contributed by atoms with Crippen LogP contribution in [0.2, 0.25) is 0 Å². The summed E-state index contributed by atoms with van der Waals surface area (Å²) in [6.45, 7) is 3.49. The fourth-order valence-corrected chi connectivity index (χ4v) is 3.93. The van der Waals surface area contributed by atoms with Crippen LogP contribution in [0.1, 0.15) is 30.4 Å². The number of aromatic nitrogens is 1. The lowest BCUT2D eigenvalue weighted by atomic mass is 10.2. The first-order valence-electron chi connectivity index (χ1n) is 10.1. The van der Waals surface area contributed by atoms with E-state index < -0.39 is 10.0 Å². The molecule has 33 heavy (non-hydrogen) atoms. The molecular formula is C23H25N3O6S. The van der Waals surface area contributed by atoms with Gasteiger partial charge in [-0.3, -0.25) is 9.52 Å². The van der Waals surface area contributed by atoms with Crippen LogP contribution in [0.4, 0.5) is 11.4 Å². The molecule has 0 saturated carbocycles. The molecule has 174 valence electrons. The Labute approximate surface area is 192 Å². The fourth-order valence-electron chi connectivity index (χ4n) is 2.89. The highest BCUT2D eigenvalue weighted by atomic mass is 32.2. The minimum atomic E-state index is -3.83. The number of nitrogens with zero attached hydrogens (tertiary/aromatic N) is 1. The number of benzene rings is 2. The molecule has 9 nitrogen and oxygen atoms in total. The normalized spacial score (nSPS) is 11.4. The number of nitrogens with one attached hydrogen (secondary N) is 2. The predicted molar refractivity (Wildman–Crippen MR) is 126 cm³/mol. The highest BCUT2D eigenvalue weighted by molar-refractivity contribution is 7.92. The highest BCUT2D eigenvalue weighted by Gasteiger charge is 2.16. The second-order valence-electron chi connectivity index (χ2n) is 7.02. The van der Waals surface area contributed by atoms with E-state index in [0.29, 0.717) is 40.7 Å². The van der Waals surface area contributed by atoms with E-state index in [1.54, 1.807) is 56.3 Å². The van der Waals surface area contributed by atoms with E-state index in [0.717, 1.165) is 5.56 Å². The van der Waals surface area contributed by atoms with Gasteiger partial charge in [0.25, 0.3) is 10.0 Å². The summed E-state index contributed by atoms with van der Waals surface area (Å²) in [5.74, 6) is 1.18. The van der Waals surface area contributed by atoms with E-state index in [-0.39, 0.29) is 10.8 Å². The number of anilines is 2. The number of ether oxygens (including phenoxy) is 2. The van der Waals surface area contributed by atoms with Crippen LogP contribution in [0.25, 0.3) is 12.2 Å². The number of methoxy groups -OCH3 is 2. The highest BCUT2D eigenvalue weighted by Crippen LogP contribution is 2.28. The number of hydrogen-bond acceptors (Lipinski definition) is 7. The molecule has 3 aromatic rings. The standard InChI is InChI=1S/C23H25N3O6S/c1-5-22(27)24-23-15(2)25-32-21(23)11-8-16-6-9-20(10-7-16)33(28,29)26-17-12-18(30-3)14-19(13-17)31-4/h6-14,26H,5H2,1-4H3,(H,24,27). The lowest BCUT2D eigenvalue weighted by Gasteiger charge is -2.11. The average Bonchev–Trinajstić information content (AvgIpc) is 3.16. The fraction of sp³-hybridized carbons (Fsp3) is 0.217. The van der Waals surface area contributed by atoms with Crippen molar-refractivity contribution >= 4 is 39.5 Å². The first-order chi connectivity index (χ1) is 15.7. The number of amides is 1. The molecule has 0 aliphatic heterocycles. The maximum absolute atomic E-state index is 12.8. The Morgan fingerprint density at radius 1 is 1.06 bits per heavy atom. The van der Waals surface area contributed by atoms with Crippen molar-refractivity contribution in [3.63, 3.8) is 0 Å². The van der Waals surface area contributed by atoms with Crippen LogP contribution in [-0.4, -0.2) is 33.7 Å². The molecule has 0 saturated heterocycles. The van der Waals surface area contributed by atoms with E-state index in [9.17, 15) is 13.2 Å². The molecule has 0 atom stereocenters. The summed E-state index contributed by atoms with van der Waals surface area (Å²) in [4.78, 5) is 11.8. The predicted octanol–water partition coefficient (Wildman–Crippen LogP) is 4.32. The van der Waals surface area contributed by atoms with Crippen molar-refractivity contribution in [2.24, 2.45) is 0 Å². The van der Waals surface area contributed by atoms with Crippen LogP contribution in [-0.2, 0) is 14.8 Å². The molecule has 0 unspecified atom stereocenters. The third-order valence-electron chi connectivity index (χ3n) is 4.70. The smallest absolute Gasteiger partial charge is 0.261 e. The molecule has 1 heterocycles. The maximum atomic E-state index is 12.8. The summed E-state index contributed by atoms with van der Waals surface area (Å²) in [5, 5.41) is 6.64. The summed E-state index contributed by atoms with van der Waals surface area (Å²) in [5.41, 5.74) is 2.13. The van der Waals surface area contributed by atoms with Gasteiger partial charge in [-0.05, 0) is 30.7 Å². The van der Waals surface area contributed by atoms with E-state index >= 15 is 0 Å². The number of carbonyl (C=O) groups excluding carboxylic acids is 1. The van der Waals surface area contributed by atoms with Crippen molar-refractivity contribution in [1.29, 1.82) is 0 Å². The molecule has 3 rings (SSSR count). The van der Waals surface area contributed by atoms with E-state index in [1.165, 1.54) is 26.4 Å². The monoisotopic (exact) mass is 471 g/mol. The second-order valence-corrected chi connectivity index (χ2v) is 8.70. The third-order valence-corrected chi connectivity index (χ3v) is 6.09. The Kier molecular flexibility index (Phi) is 7.39. The minimum absolute atomic E-state index is 0.0906. The van der Waals surface area contributed by atoms with E-state index in [4.69, 9.17) is 14.0 Å². The first-order valence-corrected chi connectivity index (χ1v) is 11.5. The van der Waals surface area contributed by atoms with Gasteiger partial charge in [0.2, 0.25) is 5.91 Å². The van der Waals surface area contributed by atoms with Gasteiger partial charge in [0, 0.05) is 24.6 Å². The van der Waals surface area contributed by atoms with Crippen molar-refractivity contribution in [2.45, 2.75) is 25.2 Å². The summed E-state index contributed by atoms with van der Waals surface area (Å²) in [6, 6.07) is 11.1. The van der Waals surface area contributed by atoms with Gasteiger partial charge >= 0.3 is 0 Å². The number of rotatable bonds is 9. The topological polar surface area (TPSA) is 120 Å². The van der Waals surface area contributed by atoms with Gasteiger partial charge in [0.15, 0.2) is 5.76 Å². The van der Waals surface area contributed by atoms with Crippen molar-refractivity contribution in [1.82, 2.24) is 5.16 Å². The molecule has 1 amide bonds. The van der Waals surface area contributed by atoms with Crippen LogP contribution in [0.5, 0.6) is 11.5 Å². The number of carbonyl (C=O) groups is 1. The van der Waals surface area contributed by atoms with Crippen LogP contribution in [0.15, 0.2) is 51.9 Å². The van der Waals surface area contributed by atoms with Crippen LogP contribution in [0, 0.1) is 6.92 Å². The molecule has 0 radical (unpaired) electrons. The maximum Gasteiger partial charge on any atom is 0.261 e. The van der Waals surface area contributed by atoms with Crippen molar-refractivity contribution in [2.75, 3.05) is 24.3 Å². The Bertz CT molecular complexity index is 1240. The number of sulfonamides is 1. The van der Waals surface area contributed by atoms with Gasteiger partial charge in [-0.15, -0.1) is 0 Å². The Morgan fingerprint density at radius 3 is 2.27 bits per heavy atom. The zero-order valence-corrected chi connectivity index (χ0v) is 19.5. The second kappa shape index (κ2) is 10.2. The molecule has 0 bridgehead atoms. The molecule has 0 aliphatic carbocycles. The van der Waals surface area contributed by atoms with Gasteiger partial charge in [0.1, 0.15) is 22.9 Å². The van der Waals surface area contributed by atoms with Crippen LogP contribution >= 0.6 is 0 Å². The van der Waals surface area contributed by atoms with E-state index in [2.05, 4.69) is 15.2 Å². The minimum Gasteiger partial charge on any atom is -0.497 e. The number of hydrogen-bond donors (Lipinski definition) is 2. The largest absolute Gasteiger partial charge is 0.497 e. The summed E-state index contributed by atoms with van der Waals surface area (Å²) < 4.78 is 43.7. The lowest BCUT2D eigenvalue weighted by molar-refractivity contribution is -0.115. The van der Waals surface area contributed by atoms with Gasteiger partial charge in [-0.1, -0.05) is 30.3 Å². The van der Waals surface area contributed by atoms with E-state index in [1.807, 2.05) is 0 Å². The average molecular weight is 472 g/mol. The zero-order valence-electron chi connectivity index (χ0n) is 18.7. The Balaban J connectivity index is 1.77. The molecule has 0 aliphatic rings. The SMILES string of the molecule is CCC(=O)Nc1c(C)noc1C=Cc1ccc(S(=O)(=O)Nc2cc(OC)cc(OC)c2)cc1. The molecule has 0 fully saturated rings. The van der Waals surface area contributed by atoms with Gasteiger partial charge in [0.05, 0.1) is 24.8 Å². The first kappa shape index (κ1) is 23.9. The molecule has 1 aromatic heterocycles. The lowest BCUT2D eigenvalue weighted by Crippen LogP contribution is -2.13. The molecule has 2 aromatic carbocycles. The summed E-state index contributed by atoms with van der Waals surface area (Å²) >= 11 is 0. The molecule has 2 N–H and O–H groups in total. The molecule has 0 spiro atoms. The van der Waals surface area contributed by atoms with Gasteiger partial charge < -0.3 is 19.3 Å². The summed E-state index contributed by atoms with van der Waals surface area (Å²) in [6.07, 6.45) is 3.73. The molecule has 10 heteroatoms. The van der Waals surface area contributed by atoms with Gasteiger partial charge in [-0.25, -0.2) is 8.42 Å². The Morgan fingerprint density at radius 2 is 1.70 bits per heavy atom. The zero-order chi connectivity index (χ0) is 24.0. The van der Waals surface area contributed by atoms with Gasteiger partial charge in [-0.2, -0.15) is 0 Å². The quantitative estimate of drug-likeness (QED) is 0.477. The van der Waals surface area contributed by atoms with Crippen molar-refractivity contribution < 1.29 is 27.2 Å².